The number of thioether (sulfide) groups is 1. The van der Waals surface area contributed by atoms with Gasteiger partial charge in [0.15, 0.2) is 11.5 Å². The third-order valence-corrected chi connectivity index (χ3v) is 7.01. The molecule has 31 heavy (non-hydrogen) atoms. The highest BCUT2D eigenvalue weighted by atomic mass is 32.2. The highest BCUT2D eigenvalue weighted by Crippen LogP contribution is 2.54. The van der Waals surface area contributed by atoms with Gasteiger partial charge in [-0.15, -0.1) is 0 Å². The minimum absolute atomic E-state index is 0.209. The lowest BCUT2D eigenvalue weighted by molar-refractivity contribution is -0.131. The van der Waals surface area contributed by atoms with E-state index in [1.54, 1.807) is 42.5 Å². The SMILES string of the molecule is COc1ccc(N2C(=O)[C@H]3[C@@H](SC(N)=C4C(=O)Oc5ccccc5[C@H]43)C2=O)cc1OC. The maximum atomic E-state index is 13.6. The van der Waals surface area contributed by atoms with Crippen LogP contribution >= 0.6 is 11.8 Å². The summed E-state index contributed by atoms with van der Waals surface area (Å²) in [5, 5.41) is -0.533. The van der Waals surface area contributed by atoms with Gasteiger partial charge in [0.05, 0.1) is 36.4 Å². The lowest BCUT2D eigenvalue weighted by atomic mass is 9.77. The first-order chi connectivity index (χ1) is 15.0. The van der Waals surface area contributed by atoms with Crippen LogP contribution < -0.4 is 24.8 Å². The number of fused-ring (bicyclic) bond motifs is 5. The van der Waals surface area contributed by atoms with E-state index in [4.69, 9.17) is 19.9 Å². The second-order valence-electron chi connectivity index (χ2n) is 7.30. The van der Waals surface area contributed by atoms with E-state index < -0.39 is 29.0 Å². The minimum atomic E-state index is -0.776. The Morgan fingerprint density at radius 2 is 1.74 bits per heavy atom. The number of hydrogen-bond donors (Lipinski definition) is 1. The van der Waals surface area contributed by atoms with Gasteiger partial charge in [-0.2, -0.15) is 0 Å². The molecule has 2 amide bonds. The van der Waals surface area contributed by atoms with Crippen LogP contribution in [0, 0.1) is 5.92 Å². The molecule has 0 aromatic heterocycles. The predicted octanol–water partition coefficient (Wildman–Crippen LogP) is 2.18. The number of nitrogens with zero attached hydrogens (tertiary/aromatic N) is 1. The largest absolute Gasteiger partial charge is 0.493 e. The number of benzene rings is 2. The van der Waals surface area contributed by atoms with Gasteiger partial charge in [0.2, 0.25) is 11.8 Å². The summed E-state index contributed by atoms with van der Waals surface area (Å²) in [5.74, 6) is -1.53. The van der Waals surface area contributed by atoms with E-state index in [1.807, 2.05) is 0 Å². The van der Waals surface area contributed by atoms with Crippen LogP contribution in [-0.4, -0.2) is 37.3 Å². The lowest BCUT2D eigenvalue weighted by Crippen LogP contribution is -2.39. The van der Waals surface area contributed by atoms with Gasteiger partial charge in [-0.25, -0.2) is 9.69 Å². The van der Waals surface area contributed by atoms with Gasteiger partial charge in [0.25, 0.3) is 0 Å². The quantitative estimate of drug-likeness (QED) is 0.441. The number of imide groups is 1. The summed E-state index contributed by atoms with van der Waals surface area (Å²) >= 11 is 1.04. The van der Waals surface area contributed by atoms with Crippen LogP contribution in [-0.2, 0) is 14.4 Å². The van der Waals surface area contributed by atoms with Gasteiger partial charge in [-0.05, 0) is 18.2 Å². The molecule has 3 aliphatic heterocycles. The van der Waals surface area contributed by atoms with Gasteiger partial charge in [0.1, 0.15) is 11.0 Å². The number of anilines is 1. The summed E-state index contributed by atoms with van der Waals surface area (Å²) in [6.07, 6.45) is 0. The van der Waals surface area contributed by atoms with Crippen LogP contribution in [0.1, 0.15) is 11.5 Å². The Morgan fingerprint density at radius 3 is 2.48 bits per heavy atom. The molecule has 3 atom stereocenters. The molecule has 0 saturated carbocycles. The second kappa shape index (κ2) is 7.05. The van der Waals surface area contributed by atoms with Crippen molar-refractivity contribution in [3.05, 3.63) is 58.6 Å². The van der Waals surface area contributed by atoms with E-state index >= 15 is 0 Å². The summed E-state index contributed by atoms with van der Waals surface area (Å²) < 4.78 is 16.0. The molecule has 9 heteroatoms. The Hall–Kier alpha value is -3.46. The lowest BCUT2D eigenvalue weighted by Gasteiger charge is -2.36. The highest BCUT2D eigenvalue weighted by Gasteiger charge is 2.58. The van der Waals surface area contributed by atoms with Crippen molar-refractivity contribution >= 4 is 35.2 Å². The number of para-hydroxylation sites is 1. The number of methoxy groups -OCH3 is 2. The van der Waals surface area contributed by atoms with E-state index in [1.165, 1.54) is 14.2 Å². The molecule has 158 valence electrons. The van der Waals surface area contributed by atoms with Crippen molar-refractivity contribution in [1.82, 2.24) is 0 Å². The predicted molar refractivity (Wildman–Crippen MR) is 113 cm³/mol. The molecule has 0 unspecified atom stereocenters. The van der Waals surface area contributed by atoms with Gasteiger partial charge in [-0.3, -0.25) is 9.59 Å². The fraction of sp³-hybridized carbons (Fsp3) is 0.227. The molecule has 2 N–H and O–H groups in total. The normalized spacial score (nSPS) is 24.4. The maximum absolute atomic E-state index is 13.6. The third kappa shape index (κ3) is 2.73. The number of amides is 2. The van der Waals surface area contributed by atoms with Crippen LogP contribution in [0.2, 0.25) is 0 Å². The van der Waals surface area contributed by atoms with Crippen LogP contribution in [0.3, 0.4) is 0 Å². The standard InChI is InChI=1S/C22H18N2O6S/c1-28-13-8-7-10(9-14(13)29-2)24-20(25)16-15-11-5-3-4-6-12(11)30-22(27)17(15)19(23)31-18(16)21(24)26/h3-9,15-16,18H,23H2,1-2H3/t15-,16+,18+/m0/s1. The van der Waals surface area contributed by atoms with Crippen molar-refractivity contribution < 1.29 is 28.6 Å². The van der Waals surface area contributed by atoms with E-state index in [2.05, 4.69) is 0 Å². The molecule has 1 saturated heterocycles. The first-order valence-electron chi connectivity index (χ1n) is 9.53. The smallest absolute Gasteiger partial charge is 0.342 e. The molecule has 2 aromatic rings. The van der Waals surface area contributed by atoms with Crippen LogP contribution in [0.5, 0.6) is 17.2 Å². The average molecular weight is 438 g/mol. The molecule has 3 aliphatic rings. The molecular weight excluding hydrogens is 420 g/mol. The fourth-order valence-corrected chi connectivity index (χ4v) is 5.66. The summed E-state index contributed by atoms with van der Waals surface area (Å²) in [6, 6.07) is 11.9. The van der Waals surface area contributed by atoms with E-state index in [0.29, 0.717) is 28.5 Å². The van der Waals surface area contributed by atoms with Crippen LogP contribution in [0.25, 0.3) is 0 Å². The molecule has 1 fully saturated rings. The van der Waals surface area contributed by atoms with Crippen molar-refractivity contribution in [2.24, 2.45) is 11.7 Å². The zero-order valence-electron chi connectivity index (χ0n) is 16.7. The zero-order chi connectivity index (χ0) is 21.9. The first-order valence-corrected chi connectivity index (χ1v) is 10.4. The Labute approximate surface area is 181 Å². The molecule has 5 rings (SSSR count). The van der Waals surface area contributed by atoms with E-state index in [-0.39, 0.29) is 16.5 Å². The van der Waals surface area contributed by atoms with Crippen molar-refractivity contribution in [2.75, 3.05) is 19.1 Å². The van der Waals surface area contributed by atoms with Crippen molar-refractivity contribution in [1.29, 1.82) is 0 Å². The summed E-state index contributed by atoms with van der Waals surface area (Å²) in [5.41, 5.74) is 7.47. The molecule has 0 radical (unpaired) electrons. The second-order valence-corrected chi connectivity index (χ2v) is 8.48. The van der Waals surface area contributed by atoms with E-state index in [0.717, 1.165) is 16.7 Å². The number of rotatable bonds is 3. The number of carbonyl (C=O) groups excluding carboxylic acids is 3. The summed E-state index contributed by atoms with van der Waals surface area (Å²) in [4.78, 5) is 40.7. The Balaban J connectivity index is 1.62. The molecule has 3 heterocycles. The van der Waals surface area contributed by atoms with Crippen molar-refractivity contribution in [3.63, 3.8) is 0 Å². The fourth-order valence-electron chi connectivity index (χ4n) is 4.42. The number of carbonyl (C=O) groups is 3. The molecule has 0 spiro atoms. The first kappa shape index (κ1) is 19.5. The molecular formula is C22H18N2O6S. The van der Waals surface area contributed by atoms with E-state index in [9.17, 15) is 14.4 Å². The third-order valence-electron chi connectivity index (χ3n) is 5.79. The number of nitrogens with two attached hydrogens (primary N) is 1. The molecule has 0 aliphatic carbocycles. The van der Waals surface area contributed by atoms with Gasteiger partial charge in [-0.1, -0.05) is 30.0 Å². The summed E-state index contributed by atoms with van der Waals surface area (Å²) in [6.45, 7) is 0. The Morgan fingerprint density at radius 1 is 1.00 bits per heavy atom. The summed E-state index contributed by atoms with van der Waals surface area (Å²) in [7, 11) is 2.98. The zero-order valence-corrected chi connectivity index (χ0v) is 17.5. The van der Waals surface area contributed by atoms with Gasteiger partial charge >= 0.3 is 5.97 Å². The average Bonchev–Trinajstić information content (AvgIpc) is 3.02. The molecule has 2 aromatic carbocycles. The van der Waals surface area contributed by atoms with Gasteiger partial charge < -0.3 is 19.9 Å². The molecule has 8 nitrogen and oxygen atoms in total. The monoisotopic (exact) mass is 438 g/mol. The number of ether oxygens (including phenoxy) is 3. The molecule has 0 bridgehead atoms. The number of hydrogen-bond acceptors (Lipinski definition) is 8. The van der Waals surface area contributed by atoms with Gasteiger partial charge in [0, 0.05) is 17.5 Å². The van der Waals surface area contributed by atoms with Crippen molar-refractivity contribution in [3.8, 4) is 17.2 Å². The van der Waals surface area contributed by atoms with Crippen LogP contribution in [0.4, 0.5) is 5.69 Å². The minimum Gasteiger partial charge on any atom is -0.493 e. The van der Waals surface area contributed by atoms with Crippen molar-refractivity contribution in [2.45, 2.75) is 11.2 Å². The van der Waals surface area contributed by atoms with Crippen LogP contribution in [0.15, 0.2) is 53.1 Å². The topological polar surface area (TPSA) is 108 Å². The maximum Gasteiger partial charge on any atom is 0.342 e. The Bertz CT molecular complexity index is 1180. The highest BCUT2D eigenvalue weighted by molar-refractivity contribution is 8.04. The Kier molecular flexibility index (Phi) is 4.44. The number of esters is 1.